The molecule has 0 amide bonds. The van der Waals surface area contributed by atoms with Crippen molar-refractivity contribution >= 4 is 0 Å². The van der Waals surface area contributed by atoms with E-state index < -0.39 is 0 Å². The number of hydrogen-bond acceptors (Lipinski definition) is 2. The molecule has 1 fully saturated rings. The molecule has 1 aliphatic heterocycles. The van der Waals surface area contributed by atoms with Crippen LogP contribution in [0.4, 0.5) is 0 Å². The van der Waals surface area contributed by atoms with E-state index in [9.17, 15) is 0 Å². The Kier molecular flexibility index (Phi) is 3.10. The smallest absolute Gasteiger partial charge is 0.0555 e. The lowest BCUT2D eigenvalue weighted by Crippen LogP contribution is -2.21. The summed E-state index contributed by atoms with van der Waals surface area (Å²) in [4.78, 5) is 2.53. The van der Waals surface area contributed by atoms with Crippen LogP contribution in [0.3, 0.4) is 0 Å². The van der Waals surface area contributed by atoms with Crippen LogP contribution in [0.5, 0.6) is 0 Å². The zero-order valence-electron chi connectivity index (χ0n) is 10.0. The van der Waals surface area contributed by atoms with Gasteiger partial charge in [0.15, 0.2) is 0 Å². The molecule has 1 saturated heterocycles. The first-order valence-corrected chi connectivity index (χ1v) is 5.91. The van der Waals surface area contributed by atoms with Gasteiger partial charge in [0.2, 0.25) is 0 Å². The Labute approximate surface area is 92.1 Å². The van der Waals surface area contributed by atoms with Gasteiger partial charge >= 0.3 is 0 Å². The van der Waals surface area contributed by atoms with Gasteiger partial charge in [0, 0.05) is 13.6 Å². The van der Waals surface area contributed by atoms with E-state index in [1.54, 1.807) is 0 Å². The molecule has 3 heteroatoms. The van der Waals surface area contributed by atoms with Crippen molar-refractivity contribution in [2.24, 2.45) is 7.05 Å². The van der Waals surface area contributed by atoms with Gasteiger partial charge in [0.1, 0.15) is 0 Å². The van der Waals surface area contributed by atoms with Gasteiger partial charge in [-0.1, -0.05) is 13.8 Å². The number of hydrogen-bond donors (Lipinski definition) is 0. The van der Waals surface area contributed by atoms with Crippen molar-refractivity contribution in [2.75, 3.05) is 13.1 Å². The Bertz CT molecular complexity index is 322. The molecule has 1 aromatic heterocycles. The third-order valence-electron chi connectivity index (χ3n) is 3.29. The largest absolute Gasteiger partial charge is 0.298 e. The molecule has 0 aliphatic carbocycles. The van der Waals surface area contributed by atoms with E-state index in [1.807, 2.05) is 10.9 Å². The van der Waals surface area contributed by atoms with Crippen LogP contribution in [0.15, 0.2) is 6.20 Å². The van der Waals surface area contributed by atoms with Gasteiger partial charge in [-0.3, -0.25) is 9.58 Å². The highest BCUT2D eigenvalue weighted by molar-refractivity contribution is 5.21. The zero-order chi connectivity index (χ0) is 10.8. The lowest BCUT2D eigenvalue weighted by molar-refractivity contribution is 0.319. The minimum absolute atomic E-state index is 0.580. The normalized spacial score (nSPS) is 17.9. The van der Waals surface area contributed by atoms with Gasteiger partial charge < -0.3 is 0 Å². The van der Waals surface area contributed by atoms with Crippen LogP contribution in [0, 0.1) is 0 Å². The second-order valence-corrected chi connectivity index (χ2v) is 4.81. The average molecular weight is 207 g/mol. The fraction of sp³-hybridized carbons (Fsp3) is 0.750. The van der Waals surface area contributed by atoms with E-state index in [0.29, 0.717) is 5.92 Å². The van der Waals surface area contributed by atoms with E-state index in [4.69, 9.17) is 0 Å². The molecule has 0 saturated carbocycles. The van der Waals surface area contributed by atoms with E-state index >= 15 is 0 Å². The molecule has 0 spiro atoms. The van der Waals surface area contributed by atoms with Crippen molar-refractivity contribution < 1.29 is 0 Å². The number of nitrogens with zero attached hydrogens (tertiary/aromatic N) is 3. The lowest BCUT2D eigenvalue weighted by Gasteiger charge is -2.17. The van der Waals surface area contributed by atoms with Crippen molar-refractivity contribution in [3.05, 3.63) is 17.5 Å². The van der Waals surface area contributed by atoms with Crippen molar-refractivity contribution in [1.29, 1.82) is 0 Å². The summed E-state index contributed by atoms with van der Waals surface area (Å²) in [5, 5.41) is 4.37. The van der Waals surface area contributed by atoms with Crippen LogP contribution in [0.25, 0.3) is 0 Å². The second kappa shape index (κ2) is 4.35. The number of rotatable bonds is 3. The van der Waals surface area contributed by atoms with E-state index in [0.717, 1.165) is 6.54 Å². The van der Waals surface area contributed by atoms with Crippen LogP contribution in [0.2, 0.25) is 0 Å². The SMILES string of the molecule is CC(C)c1cnn(C)c1CN1CCCC1. The van der Waals surface area contributed by atoms with E-state index in [2.05, 4.69) is 30.9 Å². The molecule has 15 heavy (non-hydrogen) atoms. The van der Waals surface area contributed by atoms with Crippen LogP contribution in [-0.2, 0) is 13.6 Å². The molecular weight excluding hydrogens is 186 g/mol. The van der Waals surface area contributed by atoms with Crippen LogP contribution in [-0.4, -0.2) is 27.8 Å². The molecule has 1 aromatic rings. The third kappa shape index (κ3) is 2.23. The summed E-state index contributed by atoms with van der Waals surface area (Å²) >= 11 is 0. The monoisotopic (exact) mass is 207 g/mol. The van der Waals surface area contributed by atoms with Gasteiger partial charge in [-0.2, -0.15) is 5.10 Å². The highest BCUT2D eigenvalue weighted by atomic mass is 15.3. The zero-order valence-corrected chi connectivity index (χ0v) is 10.0. The highest BCUT2D eigenvalue weighted by Crippen LogP contribution is 2.21. The second-order valence-electron chi connectivity index (χ2n) is 4.81. The molecule has 0 radical (unpaired) electrons. The Balaban J connectivity index is 2.14. The number of aromatic nitrogens is 2. The summed E-state index contributed by atoms with van der Waals surface area (Å²) in [5.74, 6) is 0.580. The first-order chi connectivity index (χ1) is 7.18. The minimum atomic E-state index is 0.580. The third-order valence-corrected chi connectivity index (χ3v) is 3.29. The van der Waals surface area contributed by atoms with E-state index in [1.165, 1.54) is 37.2 Å². The van der Waals surface area contributed by atoms with Crippen LogP contribution >= 0.6 is 0 Å². The molecule has 0 atom stereocenters. The number of likely N-dealkylation sites (tertiary alicyclic amines) is 1. The van der Waals surface area contributed by atoms with Gasteiger partial charge in [-0.05, 0) is 37.4 Å². The summed E-state index contributed by atoms with van der Waals surface area (Å²) in [6.07, 6.45) is 4.74. The van der Waals surface area contributed by atoms with Crippen LogP contribution < -0.4 is 0 Å². The first-order valence-electron chi connectivity index (χ1n) is 5.91. The maximum absolute atomic E-state index is 4.37. The fourth-order valence-electron chi connectivity index (χ4n) is 2.31. The summed E-state index contributed by atoms with van der Waals surface area (Å²) in [5.41, 5.74) is 2.80. The molecule has 0 unspecified atom stereocenters. The summed E-state index contributed by atoms with van der Waals surface area (Å²) in [6.45, 7) is 8.06. The van der Waals surface area contributed by atoms with Crippen molar-refractivity contribution in [1.82, 2.24) is 14.7 Å². The Morgan fingerprint density at radius 3 is 2.60 bits per heavy atom. The number of aryl methyl sites for hydroxylation is 1. The van der Waals surface area contributed by atoms with Gasteiger partial charge in [0.25, 0.3) is 0 Å². The van der Waals surface area contributed by atoms with Crippen molar-refractivity contribution in [3.63, 3.8) is 0 Å². The molecule has 3 nitrogen and oxygen atoms in total. The Morgan fingerprint density at radius 2 is 2.00 bits per heavy atom. The molecule has 2 rings (SSSR count). The maximum Gasteiger partial charge on any atom is 0.0555 e. The lowest BCUT2D eigenvalue weighted by atomic mass is 10.0. The van der Waals surface area contributed by atoms with Gasteiger partial charge in [0.05, 0.1) is 11.9 Å². The topological polar surface area (TPSA) is 21.1 Å². The Morgan fingerprint density at radius 1 is 1.33 bits per heavy atom. The van der Waals surface area contributed by atoms with E-state index in [-0.39, 0.29) is 0 Å². The van der Waals surface area contributed by atoms with Crippen molar-refractivity contribution in [2.45, 2.75) is 39.2 Å². The maximum atomic E-state index is 4.37. The van der Waals surface area contributed by atoms with Crippen LogP contribution in [0.1, 0.15) is 43.9 Å². The minimum Gasteiger partial charge on any atom is -0.298 e. The summed E-state index contributed by atoms with van der Waals surface area (Å²) < 4.78 is 2.04. The predicted molar refractivity (Wildman–Crippen MR) is 61.8 cm³/mol. The fourth-order valence-corrected chi connectivity index (χ4v) is 2.31. The molecule has 0 bridgehead atoms. The molecule has 2 heterocycles. The average Bonchev–Trinajstić information content (AvgIpc) is 2.78. The molecule has 1 aliphatic rings. The van der Waals surface area contributed by atoms with Gasteiger partial charge in [-0.25, -0.2) is 0 Å². The van der Waals surface area contributed by atoms with Gasteiger partial charge in [-0.15, -0.1) is 0 Å². The Hall–Kier alpha value is -0.830. The predicted octanol–water partition coefficient (Wildman–Crippen LogP) is 2.14. The standard InChI is InChI=1S/C12H21N3/c1-10(2)11-8-13-14(3)12(11)9-15-6-4-5-7-15/h8,10H,4-7,9H2,1-3H3. The molecule has 0 aromatic carbocycles. The molecular formula is C12H21N3. The molecule has 0 N–H and O–H groups in total. The molecule has 84 valence electrons. The highest BCUT2D eigenvalue weighted by Gasteiger charge is 2.17. The quantitative estimate of drug-likeness (QED) is 0.757. The summed E-state index contributed by atoms with van der Waals surface area (Å²) in [6, 6.07) is 0. The summed E-state index contributed by atoms with van der Waals surface area (Å²) in [7, 11) is 2.05. The first kappa shape index (κ1) is 10.7. The van der Waals surface area contributed by atoms with Crippen molar-refractivity contribution in [3.8, 4) is 0 Å².